The van der Waals surface area contributed by atoms with E-state index in [0.29, 0.717) is 25.9 Å². The summed E-state index contributed by atoms with van der Waals surface area (Å²) < 4.78 is 10.1. The molecule has 0 amide bonds. The van der Waals surface area contributed by atoms with Crippen LogP contribution < -0.4 is 0 Å². The molecule has 0 bridgehead atoms. The highest BCUT2D eigenvalue weighted by Crippen LogP contribution is 2.07. The zero-order valence-corrected chi connectivity index (χ0v) is 9.59. The van der Waals surface area contributed by atoms with Crippen molar-refractivity contribution in [1.29, 1.82) is 0 Å². The Labute approximate surface area is 95.0 Å². The van der Waals surface area contributed by atoms with Crippen molar-refractivity contribution < 1.29 is 24.2 Å². The molecule has 2 atom stereocenters. The predicted molar refractivity (Wildman–Crippen MR) is 58.2 cm³/mol. The third-order valence-corrected chi connectivity index (χ3v) is 2.00. The fourth-order valence-electron chi connectivity index (χ4n) is 1.08. The molecule has 2 unspecified atom stereocenters. The lowest BCUT2D eigenvalue weighted by atomic mass is 10.1. The number of rotatable bonds is 9. The number of carboxylic acids is 1. The second-order valence-corrected chi connectivity index (χ2v) is 3.37. The van der Waals surface area contributed by atoms with Gasteiger partial charge in [-0.25, -0.2) is 4.79 Å². The molecule has 0 aromatic rings. The molecule has 0 heterocycles. The van der Waals surface area contributed by atoms with Crippen LogP contribution in [0.3, 0.4) is 0 Å². The third kappa shape index (κ3) is 7.14. The van der Waals surface area contributed by atoms with E-state index in [0.717, 1.165) is 6.08 Å². The van der Waals surface area contributed by atoms with Gasteiger partial charge in [-0.2, -0.15) is 0 Å². The van der Waals surface area contributed by atoms with Crippen LogP contribution in [0, 0.1) is 5.92 Å². The Bertz CT molecular complexity index is 237. The number of carboxylic acid groups (broad SMARTS) is 1. The normalized spacial score (nSPS) is 14.9. The maximum absolute atomic E-state index is 10.7. The van der Waals surface area contributed by atoms with Gasteiger partial charge in [-0.3, -0.25) is 0 Å². The second-order valence-electron chi connectivity index (χ2n) is 3.37. The summed E-state index contributed by atoms with van der Waals surface area (Å²) in [5.41, 5.74) is 0. The molecule has 0 aliphatic carbocycles. The molecule has 0 saturated heterocycles. The molecule has 1 N–H and O–H groups in total. The first-order valence-electron chi connectivity index (χ1n) is 5.08. The van der Waals surface area contributed by atoms with Crippen LogP contribution in [0.2, 0.25) is 0 Å². The molecule has 0 aromatic carbocycles. The highest BCUT2D eigenvalue weighted by Gasteiger charge is 2.14. The van der Waals surface area contributed by atoms with E-state index in [1.54, 1.807) is 14.0 Å². The Morgan fingerprint density at radius 3 is 2.62 bits per heavy atom. The maximum Gasteiger partial charge on any atom is 0.327 e. The summed E-state index contributed by atoms with van der Waals surface area (Å²) in [5.74, 6) is -1.29. The van der Waals surface area contributed by atoms with Gasteiger partial charge in [0, 0.05) is 32.3 Å². The first-order chi connectivity index (χ1) is 7.61. The van der Waals surface area contributed by atoms with Gasteiger partial charge in [0.25, 0.3) is 0 Å². The van der Waals surface area contributed by atoms with E-state index >= 15 is 0 Å². The van der Waals surface area contributed by atoms with Crippen LogP contribution in [-0.2, 0) is 19.1 Å². The summed E-state index contributed by atoms with van der Waals surface area (Å²) in [6.07, 6.45) is 3.24. The van der Waals surface area contributed by atoms with E-state index in [2.05, 4.69) is 0 Å². The highest BCUT2D eigenvalue weighted by atomic mass is 16.5. The van der Waals surface area contributed by atoms with Gasteiger partial charge < -0.3 is 19.4 Å². The first kappa shape index (κ1) is 14.8. The van der Waals surface area contributed by atoms with Gasteiger partial charge in [0.1, 0.15) is 12.4 Å². The fourth-order valence-corrected chi connectivity index (χ4v) is 1.08. The maximum atomic E-state index is 10.7. The number of methoxy groups -OCH3 is 1. The van der Waals surface area contributed by atoms with Gasteiger partial charge in [-0.05, 0) is 6.42 Å². The molecule has 16 heavy (non-hydrogen) atoms. The fraction of sp³-hybridized carbons (Fsp3) is 0.636. The Morgan fingerprint density at radius 1 is 1.44 bits per heavy atom. The number of hydrogen-bond donors (Lipinski definition) is 1. The topological polar surface area (TPSA) is 72.8 Å². The summed E-state index contributed by atoms with van der Waals surface area (Å²) in [5, 5.41) is 8.43. The van der Waals surface area contributed by atoms with Crippen LogP contribution in [0.5, 0.6) is 0 Å². The van der Waals surface area contributed by atoms with Crippen LogP contribution in [0.1, 0.15) is 13.3 Å². The molecule has 0 aliphatic rings. The standard InChI is InChI=1S/C11H18O5/c1-9(4-5-11(13)14)10(8-12)16-7-3-6-15-2/h4-5,8-10H,3,6-7H2,1-2H3,(H,13,14). The Morgan fingerprint density at radius 2 is 2.12 bits per heavy atom. The quantitative estimate of drug-likeness (QED) is 0.361. The Kier molecular flexibility index (Phi) is 8.38. The van der Waals surface area contributed by atoms with E-state index in [1.165, 1.54) is 6.08 Å². The SMILES string of the molecule is COCCCOC(C=O)C(C)C=CC(=O)O. The number of aldehydes is 1. The minimum absolute atomic E-state index is 0.254. The predicted octanol–water partition coefficient (Wildman–Crippen LogP) is 0.884. The second kappa shape index (κ2) is 9.06. The van der Waals surface area contributed by atoms with E-state index < -0.39 is 12.1 Å². The number of carbonyl (C=O) groups excluding carboxylic acids is 1. The number of carbonyl (C=O) groups is 2. The van der Waals surface area contributed by atoms with Crippen molar-refractivity contribution in [1.82, 2.24) is 0 Å². The van der Waals surface area contributed by atoms with Crippen molar-refractivity contribution in [2.75, 3.05) is 20.3 Å². The van der Waals surface area contributed by atoms with Crippen molar-refractivity contribution in [3.8, 4) is 0 Å². The van der Waals surface area contributed by atoms with Crippen molar-refractivity contribution >= 4 is 12.3 Å². The zero-order chi connectivity index (χ0) is 12.4. The van der Waals surface area contributed by atoms with Gasteiger partial charge >= 0.3 is 5.97 Å². The molecule has 92 valence electrons. The van der Waals surface area contributed by atoms with Crippen molar-refractivity contribution in [2.45, 2.75) is 19.4 Å². The van der Waals surface area contributed by atoms with E-state index in [4.69, 9.17) is 14.6 Å². The minimum Gasteiger partial charge on any atom is -0.478 e. The van der Waals surface area contributed by atoms with Gasteiger partial charge in [-0.15, -0.1) is 0 Å². The van der Waals surface area contributed by atoms with Gasteiger partial charge in [-0.1, -0.05) is 13.0 Å². The molecule has 0 radical (unpaired) electrons. The molecule has 0 aromatic heterocycles. The van der Waals surface area contributed by atoms with E-state index in [-0.39, 0.29) is 5.92 Å². The van der Waals surface area contributed by atoms with Crippen molar-refractivity contribution in [3.63, 3.8) is 0 Å². The van der Waals surface area contributed by atoms with Crippen LogP contribution >= 0.6 is 0 Å². The molecular weight excluding hydrogens is 212 g/mol. The molecular formula is C11H18O5. The number of hydrogen-bond acceptors (Lipinski definition) is 4. The Hall–Kier alpha value is -1.20. The van der Waals surface area contributed by atoms with E-state index in [9.17, 15) is 9.59 Å². The average Bonchev–Trinajstić information content (AvgIpc) is 2.26. The monoisotopic (exact) mass is 230 g/mol. The van der Waals surface area contributed by atoms with Crippen LogP contribution in [0.15, 0.2) is 12.2 Å². The van der Waals surface area contributed by atoms with Crippen molar-refractivity contribution in [2.24, 2.45) is 5.92 Å². The summed E-state index contributed by atoms with van der Waals surface area (Å²) in [7, 11) is 1.59. The summed E-state index contributed by atoms with van der Waals surface area (Å²) in [4.78, 5) is 21.0. The molecule has 0 rings (SSSR count). The van der Waals surface area contributed by atoms with Crippen LogP contribution in [-0.4, -0.2) is 43.8 Å². The lowest BCUT2D eigenvalue weighted by molar-refractivity contribution is -0.131. The molecule has 0 saturated carbocycles. The van der Waals surface area contributed by atoms with Crippen LogP contribution in [0.4, 0.5) is 0 Å². The Balaban J connectivity index is 3.96. The first-order valence-corrected chi connectivity index (χ1v) is 5.08. The highest BCUT2D eigenvalue weighted by molar-refractivity contribution is 5.79. The molecule has 0 aliphatic heterocycles. The summed E-state index contributed by atoms with van der Waals surface area (Å²) in [6.45, 7) is 2.72. The molecule has 5 nitrogen and oxygen atoms in total. The smallest absolute Gasteiger partial charge is 0.327 e. The van der Waals surface area contributed by atoms with Crippen LogP contribution in [0.25, 0.3) is 0 Å². The molecule has 0 fully saturated rings. The zero-order valence-electron chi connectivity index (χ0n) is 9.59. The van der Waals surface area contributed by atoms with Gasteiger partial charge in [0.2, 0.25) is 0 Å². The van der Waals surface area contributed by atoms with Crippen molar-refractivity contribution in [3.05, 3.63) is 12.2 Å². The van der Waals surface area contributed by atoms with Gasteiger partial charge in [0.15, 0.2) is 0 Å². The lowest BCUT2D eigenvalue weighted by Crippen LogP contribution is -2.23. The largest absolute Gasteiger partial charge is 0.478 e. The third-order valence-electron chi connectivity index (χ3n) is 2.00. The van der Waals surface area contributed by atoms with E-state index in [1.807, 2.05) is 0 Å². The number of aliphatic carboxylic acids is 1. The molecule has 5 heteroatoms. The average molecular weight is 230 g/mol. The summed E-state index contributed by atoms with van der Waals surface area (Å²) in [6, 6.07) is 0. The molecule has 0 spiro atoms. The summed E-state index contributed by atoms with van der Waals surface area (Å²) >= 11 is 0. The van der Waals surface area contributed by atoms with Gasteiger partial charge in [0.05, 0.1) is 0 Å². The lowest BCUT2D eigenvalue weighted by Gasteiger charge is -2.15. The number of ether oxygens (including phenoxy) is 2. The minimum atomic E-state index is -1.03.